The molecule has 0 amide bonds. The van der Waals surface area contributed by atoms with Gasteiger partial charge in [0.05, 0.1) is 13.1 Å². The number of guanidine groups is 1. The summed E-state index contributed by atoms with van der Waals surface area (Å²) in [5, 5.41) is 7.80. The van der Waals surface area contributed by atoms with E-state index in [4.69, 9.17) is 4.42 Å². The Hall–Kier alpha value is -2.76. The van der Waals surface area contributed by atoms with E-state index < -0.39 is 0 Å². The highest BCUT2D eigenvalue weighted by atomic mass is 16.3. The van der Waals surface area contributed by atoms with Gasteiger partial charge in [0.25, 0.3) is 0 Å². The molecule has 3 rings (SSSR count). The molecule has 0 spiro atoms. The van der Waals surface area contributed by atoms with E-state index in [0.717, 1.165) is 40.6 Å². The van der Waals surface area contributed by atoms with Crippen molar-refractivity contribution >= 4 is 16.9 Å². The number of benzene rings is 1. The number of para-hydroxylation sites is 1. The zero-order valence-electron chi connectivity index (χ0n) is 15.9. The number of furan rings is 1. The summed E-state index contributed by atoms with van der Waals surface area (Å²) in [7, 11) is 1.77. The molecular formula is C20H27N5O. The number of hydrogen-bond donors (Lipinski definition) is 2. The fraction of sp³-hybridized carbons (Fsp3) is 0.400. The maximum absolute atomic E-state index is 5.95. The van der Waals surface area contributed by atoms with Crippen molar-refractivity contribution in [3.8, 4) is 0 Å². The Morgan fingerprint density at radius 3 is 2.73 bits per heavy atom. The highest BCUT2D eigenvalue weighted by Gasteiger charge is 2.11. The fourth-order valence-electron chi connectivity index (χ4n) is 3.01. The molecule has 0 aliphatic rings. The zero-order valence-corrected chi connectivity index (χ0v) is 15.9. The standard InChI is InChI=1S/C20H27N5O/c1-14(2)13-25-10-9-22-19(25)12-24-20(21-4)23-11-18-15(3)16-7-5-6-8-17(16)26-18/h5-10,14H,11-13H2,1-4H3,(H2,21,23,24). The van der Waals surface area contributed by atoms with Gasteiger partial charge < -0.3 is 19.6 Å². The van der Waals surface area contributed by atoms with Crippen LogP contribution in [-0.4, -0.2) is 22.6 Å². The van der Waals surface area contributed by atoms with Crippen LogP contribution < -0.4 is 10.6 Å². The Kier molecular flexibility index (Phi) is 5.61. The monoisotopic (exact) mass is 353 g/mol. The lowest BCUT2D eigenvalue weighted by atomic mass is 10.1. The Morgan fingerprint density at radius 2 is 2.00 bits per heavy atom. The van der Waals surface area contributed by atoms with Crippen LogP contribution in [0.3, 0.4) is 0 Å². The maximum atomic E-state index is 5.95. The van der Waals surface area contributed by atoms with Crippen LogP contribution in [0.25, 0.3) is 11.0 Å². The smallest absolute Gasteiger partial charge is 0.191 e. The van der Waals surface area contributed by atoms with Crippen molar-refractivity contribution in [1.82, 2.24) is 20.2 Å². The third kappa shape index (κ3) is 4.07. The number of imidazole rings is 1. The largest absolute Gasteiger partial charge is 0.459 e. The van der Waals surface area contributed by atoms with Crippen LogP contribution >= 0.6 is 0 Å². The van der Waals surface area contributed by atoms with Crippen molar-refractivity contribution in [2.45, 2.75) is 40.4 Å². The Bertz CT molecular complexity index is 891. The maximum Gasteiger partial charge on any atom is 0.191 e. The van der Waals surface area contributed by atoms with Crippen molar-refractivity contribution in [2.75, 3.05) is 7.05 Å². The van der Waals surface area contributed by atoms with Crippen molar-refractivity contribution in [3.05, 3.63) is 53.8 Å². The number of aryl methyl sites for hydroxylation is 1. The van der Waals surface area contributed by atoms with Gasteiger partial charge in [0.15, 0.2) is 5.96 Å². The van der Waals surface area contributed by atoms with Gasteiger partial charge in [-0.05, 0) is 18.9 Å². The molecule has 0 radical (unpaired) electrons. The summed E-state index contributed by atoms with van der Waals surface area (Å²) < 4.78 is 8.12. The summed E-state index contributed by atoms with van der Waals surface area (Å²) in [4.78, 5) is 8.73. The van der Waals surface area contributed by atoms with Crippen LogP contribution in [-0.2, 0) is 19.6 Å². The van der Waals surface area contributed by atoms with Gasteiger partial charge in [0, 0.05) is 36.9 Å². The van der Waals surface area contributed by atoms with Crippen LogP contribution in [0.4, 0.5) is 0 Å². The Labute approximate surface area is 154 Å². The minimum absolute atomic E-state index is 0.580. The third-order valence-corrected chi connectivity index (χ3v) is 4.36. The fourth-order valence-corrected chi connectivity index (χ4v) is 3.01. The number of aromatic nitrogens is 2. The number of rotatable bonds is 6. The molecule has 3 aromatic rings. The van der Waals surface area contributed by atoms with Crippen LogP contribution in [0, 0.1) is 12.8 Å². The Balaban J connectivity index is 1.60. The van der Waals surface area contributed by atoms with Gasteiger partial charge in [-0.2, -0.15) is 0 Å². The SMILES string of the molecule is CN=C(NCc1oc2ccccc2c1C)NCc1nccn1CC(C)C. The van der Waals surface area contributed by atoms with Crippen LogP contribution in [0.2, 0.25) is 0 Å². The summed E-state index contributed by atoms with van der Waals surface area (Å²) in [6.07, 6.45) is 3.86. The van der Waals surface area contributed by atoms with E-state index in [1.165, 1.54) is 0 Å². The van der Waals surface area contributed by atoms with E-state index in [0.29, 0.717) is 19.0 Å². The number of nitrogens with one attached hydrogen (secondary N) is 2. The van der Waals surface area contributed by atoms with E-state index in [1.54, 1.807) is 7.05 Å². The lowest BCUT2D eigenvalue weighted by Crippen LogP contribution is -2.37. The third-order valence-electron chi connectivity index (χ3n) is 4.36. The summed E-state index contributed by atoms with van der Waals surface area (Å²) in [5.41, 5.74) is 2.08. The van der Waals surface area contributed by atoms with E-state index in [9.17, 15) is 0 Å². The van der Waals surface area contributed by atoms with Gasteiger partial charge >= 0.3 is 0 Å². The molecule has 26 heavy (non-hydrogen) atoms. The van der Waals surface area contributed by atoms with Crippen molar-refractivity contribution in [3.63, 3.8) is 0 Å². The van der Waals surface area contributed by atoms with Gasteiger partial charge in [-0.1, -0.05) is 32.0 Å². The van der Waals surface area contributed by atoms with Crippen LogP contribution in [0.15, 0.2) is 46.1 Å². The van der Waals surface area contributed by atoms with Gasteiger partial charge in [0.1, 0.15) is 17.2 Å². The first kappa shape index (κ1) is 18.0. The number of nitrogens with zero attached hydrogens (tertiary/aromatic N) is 3. The summed E-state index contributed by atoms with van der Waals surface area (Å²) in [6, 6.07) is 8.09. The molecule has 0 saturated carbocycles. The lowest BCUT2D eigenvalue weighted by Gasteiger charge is -2.13. The van der Waals surface area contributed by atoms with E-state index >= 15 is 0 Å². The topological polar surface area (TPSA) is 67.4 Å². The Morgan fingerprint density at radius 1 is 1.23 bits per heavy atom. The second-order valence-electron chi connectivity index (χ2n) is 6.82. The summed E-state index contributed by atoms with van der Waals surface area (Å²) >= 11 is 0. The molecular weight excluding hydrogens is 326 g/mol. The van der Waals surface area contributed by atoms with Gasteiger partial charge in [-0.25, -0.2) is 4.98 Å². The minimum Gasteiger partial charge on any atom is -0.459 e. The molecule has 0 aliphatic carbocycles. The number of hydrogen-bond acceptors (Lipinski definition) is 3. The van der Waals surface area contributed by atoms with Gasteiger partial charge in [0.2, 0.25) is 0 Å². The molecule has 0 unspecified atom stereocenters. The molecule has 0 saturated heterocycles. The molecule has 2 heterocycles. The zero-order chi connectivity index (χ0) is 18.5. The average molecular weight is 353 g/mol. The van der Waals surface area contributed by atoms with Crippen LogP contribution in [0.1, 0.15) is 31.0 Å². The summed E-state index contributed by atoms with van der Waals surface area (Å²) in [6.45, 7) is 8.66. The highest BCUT2D eigenvalue weighted by molar-refractivity contribution is 5.82. The molecule has 0 bridgehead atoms. The normalized spacial score (nSPS) is 12.1. The summed E-state index contributed by atoms with van der Waals surface area (Å²) in [5.74, 6) is 3.23. The van der Waals surface area contributed by atoms with Gasteiger partial charge in [-0.3, -0.25) is 4.99 Å². The van der Waals surface area contributed by atoms with Crippen LogP contribution in [0.5, 0.6) is 0 Å². The molecule has 0 fully saturated rings. The molecule has 1 aromatic carbocycles. The molecule has 6 nitrogen and oxygen atoms in total. The quantitative estimate of drug-likeness (QED) is 0.526. The first-order valence-electron chi connectivity index (χ1n) is 9.00. The molecule has 2 N–H and O–H groups in total. The van der Waals surface area contributed by atoms with Crippen molar-refractivity contribution < 1.29 is 4.42 Å². The van der Waals surface area contributed by atoms with Crippen molar-refractivity contribution in [1.29, 1.82) is 0 Å². The second kappa shape index (κ2) is 8.08. The molecule has 138 valence electrons. The molecule has 0 aliphatic heterocycles. The highest BCUT2D eigenvalue weighted by Crippen LogP contribution is 2.24. The second-order valence-corrected chi connectivity index (χ2v) is 6.82. The molecule has 6 heteroatoms. The number of aliphatic imine (C=N–C) groups is 1. The molecule has 0 atom stereocenters. The van der Waals surface area contributed by atoms with E-state index in [1.807, 2.05) is 30.6 Å². The van der Waals surface area contributed by atoms with E-state index in [2.05, 4.69) is 52.0 Å². The molecule has 2 aromatic heterocycles. The van der Waals surface area contributed by atoms with E-state index in [-0.39, 0.29) is 0 Å². The van der Waals surface area contributed by atoms with Crippen molar-refractivity contribution in [2.24, 2.45) is 10.9 Å². The minimum atomic E-state index is 0.580. The number of fused-ring (bicyclic) bond motifs is 1. The predicted molar refractivity (Wildman–Crippen MR) is 105 cm³/mol. The predicted octanol–water partition coefficient (Wildman–Crippen LogP) is 3.46. The average Bonchev–Trinajstić information content (AvgIpc) is 3.19. The first-order chi connectivity index (χ1) is 12.6. The first-order valence-corrected chi connectivity index (χ1v) is 9.00. The van der Waals surface area contributed by atoms with Gasteiger partial charge in [-0.15, -0.1) is 0 Å². The lowest BCUT2D eigenvalue weighted by molar-refractivity contribution is 0.502.